The average Bonchev–Trinajstić information content (AvgIpc) is 3.16. The van der Waals surface area contributed by atoms with E-state index in [2.05, 4.69) is 17.8 Å². The first kappa shape index (κ1) is 22.2. The summed E-state index contributed by atoms with van der Waals surface area (Å²) in [5.74, 6) is -0.0274. The summed E-state index contributed by atoms with van der Waals surface area (Å²) in [6.45, 7) is 3.13. The lowest BCUT2D eigenvalue weighted by Gasteiger charge is -2.06. The summed E-state index contributed by atoms with van der Waals surface area (Å²) in [6.07, 6.45) is 19.2. The Balaban J connectivity index is 1.73. The molecule has 1 aromatic heterocycles. The Morgan fingerprint density at radius 2 is 1.36 bits per heavy atom. The molecule has 4 heteroatoms. The normalized spacial score (nSPS) is 10.9. The molecule has 1 aromatic rings. The van der Waals surface area contributed by atoms with Crippen molar-refractivity contribution in [3.8, 4) is 0 Å². The molecule has 0 fully saturated rings. The van der Waals surface area contributed by atoms with Gasteiger partial charge in [-0.25, -0.2) is 5.43 Å². The van der Waals surface area contributed by atoms with Crippen LogP contribution in [0.5, 0.6) is 0 Å². The molecule has 1 rings (SSSR count). The third kappa shape index (κ3) is 13.1. The van der Waals surface area contributed by atoms with Crippen LogP contribution in [0.4, 0.5) is 0 Å². The number of hydrazine groups is 1. The fraction of sp³-hybridized carbons (Fsp3) is 0.762. The minimum absolute atomic E-state index is 0.0274. The van der Waals surface area contributed by atoms with Gasteiger partial charge in [0.2, 0.25) is 0 Å². The van der Waals surface area contributed by atoms with Gasteiger partial charge in [-0.05, 0) is 17.9 Å². The summed E-state index contributed by atoms with van der Waals surface area (Å²) in [4.78, 5) is 12.4. The molecule has 0 atom stereocenters. The standard InChI is InChI=1S/C21H38N2OS/c1-2-3-4-5-6-7-8-9-10-11-12-13-14-15-18-22-23-21(24)20-17-16-19-25-20/h16-17,19,22H,2-15,18H2,1H3,(H,23,24). The van der Waals surface area contributed by atoms with Crippen LogP contribution in [0.3, 0.4) is 0 Å². The predicted molar refractivity (Wildman–Crippen MR) is 110 cm³/mol. The van der Waals surface area contributed by atoms with E-state index in [1.54, 1.807) is 0 Å². The minimum atomic E-state index is -0.0274. The Labute approximate surface area is 159 Å². The Hall–Kier alpha value is -0.870. The number of hydrogen-bond donors (Lipinski definition) is 2. The topological polar surface area (TPSA) is 41.1 Å². The van der Waals surface area contributed by atoms with Gasteiger partial charge in [0.05, 0.1) is 4.88 Å². The van der Waals surface area contributed by atoms with E-state index in [0.717, 1.165) is 17.8 Å². The molecule has 0 bridgehead atoms. The number of carbonyl (C=O) groups is 1. The smallest absolute Gasteiger partial charge is 0.275 e. The lowest BCUT2D eigenvalue weighted by Crippen LogP contribution is -2.37. The van der Waals surface area contributed by atoms with E-state index in [-0.39, 0.29) is 5.91 Å². The second kappa shape index (κ2) is 16.6. The molecular weight excluding hydrogens is 328 g/mol. The molecule has 1 amide bonds. The molecule has 0 unspecified atom stereocenters. The highest BCUT2D eigenvalue weighted by Crippen LogP contribution is 2.12. The van der Waals surface area contributed by atoms with Crippen LogP contribution in [0.2, 0.25) is 0 Å². The summed E-state index contributed by atoms with van der Waals surface area (Å²) >= 11 is 1.47. The summed E-state index contributed by atoms with van der Waals surface area (Å²) in [7, 11) is 0. The van der Waals surface area contributed by atoms with Crippen LogP contribution in [0.25, 0.3) is 0 Å². The van der Waals surface area contributed by atoms with Gasteiger partial charge in [-0.1, -0.05) is 96.5 Å². The fourth-order valence-corrected chi connectivity index (χ4v) is 3.64. The van der Waals surface area contributed by atoms with E-state index in [1.807, 2.05) is 17.5 Å². The van der Waals surface area contributed by atoms with Crippen LogP contribution in [-0.2, 0) is 0 Å². The molecule has 0 aliphatic rings. The molecule has 1 heterocycles. The predicted octanol–water partition coefficient (Wildman–Crippen LogP) is 6.46. The maximum atomic E-state index is 11.7. The first-order chi connectivity index (χ1) is 12.3. The first-order valence-corrected chi connectivity index (χ1v) is 11.3. The molecule has 25 heavy (non-hydrogen) atoms. The highest BCUT2D eigenvalue weighted by Gasteiger charge is 2.04. The summed E-state index contributed by atoms with van der Waals surface area (Å²) in [5, 5.41) is 1.92. The van der Waals surface area contributed by atoms with Gasteiger partial charge >= 0.3 is 0 Å². The summed E-state index contributed by atoms with van der Waals surface area (Å²) in [5.41, 5.74) is 5.78. The third-order valence-electron chi connectivity index (χ3n) is 4.60. The maximum absolute atomic E-state index is 11.7. The van der Waals surface area contributed by atoms with E-state index >= 15 is 0 Å². The molecule has 0 saturated carbocycles. The zero-order valence-electron chi connectivity index (χ0n) is 16.2. The second-order valence-corrected chi connectivity index (χ2v) is 7.90. The second-order valence-electron chi connectivity index (χ2n) is 6.95. The number of amides is 1. The van der Waals surface area contributed by atoms with Crippen molar-refractivity contribution < 1.29 is 4.79 Å². The van der Waals surface area contributed by atoms with Gasteiger partial charge in [-0.3, -0.25) is 10.2 Å². The monoisotopic (exact) mass is 366 g/mol. The van der Waals surface area contributed by atoms with Crippen LogP contribution in [0.1, 0.15) is 106 Å². The Morgan fingerprint density at radius 3 is 1.84 bits per heavy atom. The van der Waals surface area contributed by atoms with Gasteiger partial charge in [-0.2, -0.15) is 0 Å². The van der Waals surface area contributed by atoms with Crippen LogP contribution in [0.15, 0.2) is 17.5 Å². The van der Waals surface area contributed by atoms with Crippen molar-refractivity contribution in [3.63, 3.8) is 0 Å². The van der Waals surface area contributed by atoms with Gasteiger partial charge in [0.25, 0.3) is 5.91 Å². The minimum Gasteiger partial charge on any atom is -0.287 e. The Bertz CT molecular complexity index is 406. The number of nitrogens with one attached hydrogen (secondary N) is 2. The highest BCUT2D eigenvalue weighted by molar-refractivity contribution is 7.12. The Morgan fingerprint density at radius 1 is 0.840 bits per heavy atom. The fourth-order valence-electron chi connectivity index (χ4n) is 3.02. The third-order valence-corrected chi connectivity index (χ3v) is 5.47. The molecule has 0 aromatic carbocycles. The van der Waals surface area contributed by atoms with E-state index in [0.29, 0.717) is 0 Å². The number of thiophene rings is 1. The van der Waals surface area contributed by atoms with E-state index in [1.165, 1.54) is 94.8 Å². The molecule has 0 aliphatic heterocycles. The highest BCUT2D eigenvalue weighted by atomic mass is 32.1. The SMILES string of the molecule is CCCCCCCCCCCCCCCCNNC(=O)c1cccs1. The van der Waals surface area contributed by atoms with Gasteiger partial charge in [0.15, 0.2) is 0 Å². The summed E-state index contributed by atoms with van der Waals surface area (Å²) in [6, 6.07) is 3.74. The molecule has 0 spiro atoms. The molecule has 0 saturated heterocycles. The molecule has 2 N–H and O–H groups in total. The lowest BCUT2D eigenvalue weighted by atomic mass is 10.0. The maximum Gasteiger partial charge on any atom is 0.275 e. The van der Waals surface area contributed by atoms with Crippen molar-refractivity contribution in [2.24, 2.45) is 0 Å². The quantitative estimate of drug-likeness (QED) is 0.245. The number of unbranched alkanes of at least 4 members (excludes halogenated alkanes) is 13. The van der Waals surface area contributed by atoms with Gasteiger partial charge < -0.3 is 0 Å². The van der Waals surface area contributed by atoms with Crippen LogP contribution < -0.4 is 10.9 Å². The van der Waals surface area contributed by atoms with Crippen molar-refractivity contribution >= 4 is 17.2 Å². The first-order valence-electron chi connectivity index (χ1n) is 10.4. The van der Waals surface area contributed by atoms with Crippen molar-refractivity contribution in [1.82, 2.24) is 10.9 Å². The molecule has 3 nitrogen and oxygen atoms in total. The van der Waals surface area contributed by atoms with Crippen LogP contribution in [0, 0.1) is 0 Å². The molecule has 0 radical (unpaired) electrons. The van der Waals surface area contributed by atoms with E-state index in [4.69, 9.17) is 0 Å². The Kier molecular flexibility index (Phi) is 14.7. The van der Waals surface area contributed by atoms with Crippen molar-refractivity contribution in [3.05, 3.63) is 22.4 Å². The zero-order chi connectivity index (χ0) is 18.0. The van der Waals surface area contributed by atoms with Gasteiger partial charge in [0, 0.05) is 6.54 Å². The van der Waals surface area contributed by atoms with Crippen molar-refractivity contribution in [2.75, 3.05) is 6.54 Å². The van der Waals surface area contributed by atoms with E-state index in [9.17, 15) is 4.79 Å². The van der Waals surface area contributed by atoms with Crippen LogP contribution in [-0.4, -0.2) is 12.5 Å². The number of rotatable bonds is 17. The molecule has 0 aliphatic carbocycles. The molecule has 144 valence electrons. The van der Waals surface area contributed by atoms with Crippen molar-refractivity contribution in [1.29, 1.82) is 0 Å². The lowest BCUT2D eigenvalue weighted by molar-refractivity contribution is 0.0937. The van der Waals surface area contributed by atoms with Crippen LogP contribution >= 0.6 is 11.3 Å². The van der Waals surface area contributed by atoms with Crippen molar-refractivity contribution in [2.45, 2.75) is 96.8 Å². The number of carbonyl (C=O) groups excluding carboxylic acids is 1. The number of hydrogen-bond acceptors (Lipinski definition) is 3. The zero-order valence-corrected chi connectivity index (χ0v) is 17.0. The average molecular weight is 367 g/mol. The summed E-state index contributed by atoms with van der Waals surface area (Å²) < 4.78 is 0. The molecular formula is C21H38N2OS. The van der Waals surface area contributed by atoms with Gasteiger partial charge in [0.1, 0.15) is 0 Å². The largest absolute Gasteiger partial charge is 0.287 e. The van der Waals surface area contributed by atoms with E-state index < -0.39 is 0 Å². The van der Waals surface area contributed by atoms with Gasteiger partial charge in [-0.15, -0.1) is 11.3 Å².